The van der Waals surface area contributed by atoms with Crippen LogP contribution in [0.1, 0.15) is 42.1 Å². The number of hydrogen-bond donors (Lipinski definition) is 0. The predicted molar refractivity (Wildman–Crippen MR) is 119 cm³/mol. The van der Waals surface area contributed by atoms with Gasteiger partial charge in [-0.1, -0.05) is 30.7 Å². The number of carbonyl (C=O) groups is 1. The van der Waals surface area contributed by atoms with Crippen LogP contribution in [0, 0.1) is 0 Å². The van der Waals surface area contributed by atoms with E-state index in [1.165, 1.54) is 33.3 Å². The smallest absolute Gasteiger partial charge is 0.279 e. The predicted octanol–water partition coefficient (Wildman–Crippen LogP) is 3.72. The number of piperidine rings is 1. The van der Waals surface area contributed by atoms with Crippen LogP contribution in [0.3, 0.4) is 0 Å². The summed E-state index contributed by atoms with van der Waals surface area (Å²) in [5.74, 6) is -0.380. The van der Waals surface area contributed by atoms with Gasteiger partial charge >= 0.3 is 0 Å². The molecule has 0 unspecified atom stereocenters. The number of nitrogens with zero attached hydrogens (tertiary/aromatic N) is 3. The zero-order chi connectivity index (χ0) is 21.3. The molecule has 1 saturated heterocycles. The average Bonchev–Trinajstić information content (AvgIpc) is 3.08. The summed E-state index contributed by atoms with van der Waals surface area (Å²) in [4.78, 5) is 17.8. The molecular formula is C22H25N3O3S2. The molecule has 0 saturated carbocycles. The van der Waals surface area contributed by atoms with Crippen LogP contribution in [0.25, 0.3) is 10.2 Å². The van der Waals surface area contributed by atoms with E-state index in [0.717, 1.165) is 35.9 Å². The Bertz CT molecular complexity index is 1250. The van der Waals surface area contributed by atoms with Gasteiger partial charge in [-0.05, 0) is 61.2 Å². The Morgan fingerprint density at radius 3 is 2.43 bits per heavy atom. The quantitative estimate of drug-likeness (QED) is 0.617. The second kappa shape index (κ2) is 8.45. The van der Waals surface area contributed by atoms with Crippen molar-refractivity contribution in [1.29, 1.82) is 0 Å². The minimum atomic E-state index is -3.50. The molecule has 0 atom stereocenters. The molecular weight excluding hydrogens is 418 g/mol. The highest BCUT2D eigenvalue weighted by Gasteiger charge is 2.25. The lowest BCUT2D eigenvalue weighted by Gasteiger charge is -2.25. The first-order valence-electron chi connectivity index (χ1n) is 10.2. The molecule has 30 heavy (non-hydrogen) atoms. The van der Waals surface area contributed by atoms with Gasteiger partial charge in [-0.2, -0.15) is 9.30 Å². The van der Waals surface area contributed by atoms with Crippen LogP contribution in [0.2, 0.25) is 0 Å². The van der Waals surface area contributed by atoms with E-state index in [9.17, 15) is 13.2 Å². The Morgan fingerprint density at radius 1 is 1.07 bits per heavy atom. The summed E-state index contributed by atoms with van der Waals surface area (Å²) in [6.07, 6.45) is 3.80. The lowest BCUT2D eigenvalue weighted by atomic mass is 10.2. The van der Waals surface area contributed by atoms with E-state index in [0.29, 0.717) is 23.5 Å². The molecule has 3 aromatic rings. The number of thiazole rings is 1. The van der Waals surface area contributed by atoms with E-state index >= 15 is 0 Å². The molecule has 6 nitrogen and oxygen atoms in total. The average molecular weight is 444 g/mol. The molecule has 4 rings (SSSR count). The Morgan fingerprint density at radius 2 is 1.77 bits per heavy atom. The highest BCUT2D eigenvalue weighted by molar-refractivity contribution is 7.89. The summed E-state index contributed by atoms with van der Waals surface area (Å²) in [6, 6.07) is 12.4. The number of benzene rings is 2. The molecule has 8 heteroatoms. The standard InChI is InChI=1S/C22H25N3O3S2/c1-3-16-7-12-19-20(15-16)29-22(24(19)2)23-21(26)17-8-10-18(11-9-17)30(27,28)25-13-5-4-6-14-25/h7-12,15H,3-6,13-14H2,1-2H3. The minimum absolute atomic E-state index is 0.223. The van der Waals surface area contributed by atoms with Gasteiger partial charge in [0.25, 0.3) is 5.91 Å². The number of amides is 1. The van der Waals surface area contributed by atoms with E-state index in [1.54, 1.807) is 12.1 Å². The summed E-state index contributed by atoms with van der Waals surface area (Å²) < 4.78 is 30.1. The first kappa shape index (κ1) is 21.0. The van der Waals surface area contributed by atoms with Gasteiger partial charge in [-0.25, -0.2) is 8.42 Å². The fourth-order valence-corrected chi connectivity index (χ4v) is 6.28. The third-order valence-electron chi connectivity index (χ3n) is 5.53. The lowest BCUT2D eigenvalue weighted by molar-refractivity contribution is 0.0998. The molecule has 1 fully saturated rings. The van der Waals surface area contributed by atoms with Gasteiger partial charge < -0.3 is 4.57 Å². The van der Waals surface area contributed by atoms with E-state index < -0.39 is 10.0 Å². The summed E-state index contributed by atoms with van der Waals surface area (Å²) in [7, 11) is -1.61. The molecule has 1 aliphatic heterocycles. The highest BCUT2D eigenvalue weighted by atomic mass is 32.2. The topological polar surface area (TPSA) is 71.7 Å². The van der Waals surface area contributed by atoms with Crippen LogP contribution in [0.4, 0.5) is 0 Å². The van der Waals surface area contributed by atoms with Crippen LogP contribution in [-0.4, -0.2) is 36.3 Å². The number of rotatable bonds is 4. The van der Waals surface area contributed by atoms with Gasteiger partial charge in [0, 0.05) is 25.7 Å². The van der Waals surface area contributed by atoms with Crippen molar-refractivity contribution in [3.05, 3.63) is 58.4 Å². The second-order valence-electron chi connectivity index (χ2n) is 7.51. The van der Waals surface area contributed by atoms with Crippen LogP contribution in [-0.2, 0) is 23.5 Å². The van der Waals surface area contributed by atoms with Gasteiger partial charge in [0.15, 0.2) is 4.80 Å². The molecule has 2 aromatic carbocycles. The maximum atomic E-state index is 12.8. The minimum Gasteiger partial charge on any atom is -0.319 e. The third-order valence-corrected chi connectivity index (χ3v) is 8.54. The van der Waals surface area contributed by atoms with Gasteiger partial charge in [0.1, 0.15) is 0 Å². The fraction of sp³-hybridized carbons (Fsp3) is 0.364. The lowest BCUT2D eigenvalue weighted by Crippen LogP contribution is -2.35. The number of carbonyl (C=O) groups excluding carboxylic acids is 1. The molecule has 158 valence electrons. The highest BCUT2D eigenvalue weighted by Crippen LogP contribution is 2.22. The van der Waals surface area contributed by atoms with Crippen LogP contribution >= 0.6 is 11.3 Å². The fourth-order valence-electron chi connectivity index (χ4n) is 3.68. The van der Waals surface area contributed by atoms with Crippen molar-refractivity contribution < 1.29 is 13.2 Å². The van der Waals surface area contributed by atoms with E-state index in [2.05, 4.69) is 30.1 Å². The van der Waals surface area contributed by atoms with Crippen molar-refractivity contribution in [3.63, 3.8) is 0 Å². The molecule has 1 aromatic heterocycles. The van der Waals surface area contributed by atoms with Crippen molar-refractivity contribution in [1.82, 2.24) is 8.87 Å². The van der Waals surface area contributed by atoms with E-state index in [4.69, 9.17) is 0 Å². The zero-order valence-electron chi connectivity index (χ0n) is 17.2. The largest absolute Gasteiger partial charge is 0.319 e. The number of sulfonamides is 1. The van der Waals surface area contributed by atoms with Gasteiger partial charge in [0.2, 0.25) is 10.0 Å². The number of hydrogen-bond acceptors (Lipinski definition) is 4. The Balaban J connectivity index is 1.61. The Kier molecular flexibility index (Phi) is 5.90. The summed E-state index contributed by atoms with van der Waals surface area (Å²) in [6.45, 7) is 3.22. The molecule has 0 bridgehead atoms. The molecule has 1 aliphatic rings. The monoisotopic (exact) mass is 443 g/mol. The van der Waals surface area contributed by atoms with Crippen molar-refractivity contribution in [2.24, 2.45) is 12.0 Å². The van der Waals surface area contributed by atoms with Crippen LogP contribution in [0.5, 0.6) is 0 Å². The SMILES string of the molecule is CCc1ccc2c(c1)sc(=NC(=O)c1ccc(S(=O)(=O)N3CCCCC3)cc1)n2C. The maximum absolute atomic E-state index is 12.8. The van der Waals surface area contributed by atoms with Crippen LogP contribution < -0.4 is 4.80 Å². The maximum Gasteiger partial charge on any atom is 0.279 e. The van der Waals surface area contributed by atoms with Crippen molar-refractivity contribution in [3.8, 4) is 0 Å². The van der Waals surface area contributed by atoms with Gasteiger partial charge in [0.05, 0.1) is 15.1 Å². The summed E-state index contributed by atoms with van der Waals surface area (Å²) >= 11 is 1.48. The first-order valence-corrected chi connectivity index (χ1v) is 12.4. The molecule has 0 radical (unpaired) electrons. The van der Waals surface area contributed by atoms with E-state index in [-0.39, 0.29) is 10.8 Å². The summed E-state index contributed by atoms with van der Waals surface area (Å²) in [5, 5.41) is 0. The number of aryl methyl sites for hydroxylation is 2. The van der Waals surface area contributed by atoms with Crippen molar-refractivity contribution in [2.75, 3.05) is 13.1 Å². The van der Waals surface area contributed by atoms with E-state index in [1.807, 2.05) is 11.6 Å². The Labute approximate surface area is 180 Å². The molecule has 0 aliphatic carbocycles. The third kappa shape index (κ3) is 3.99. The van der Waals surface area contributed by atoms with Gasteiger partial charge in [-0.15, -0.1) is 0 Å². The number of aromatic nitrogens is 1. The second-order valence-corrected chi connectivity index (χ2v) is 10.5. The number of fused-ring (bicyclic) bond motifs is 1. The van der Waals surface area contributed by atoms with Crippen molar-refractivity contribution in [2.45, 2.75) is 37.5 Å². The van der Waals surface area contributed by atoms with Gasteiger partial charge in [-0.3, -0.25) is 4.79 Å². The van der Waals surface area contributed by atoms with Crippen LogP contribution in [0.15, 0.2) is 52.4 Å². The zero-order valence-corrected chi connectivity index (χ0v) is 18.8. The van der Waals surface area contributed by atoms with Crippen molar-refractivity contribution >= 4 is 37.5 Å². The first-order chi connectivity index (χ1) is 14.4. The molecule has 2 heterocycles. The Hall–Kier alpha value is -2.29. The molecule has 0 N–H and O–H groups in total. The normalized spacial score (nSPS) is 16.3. The molecule has 1 amide bonds. The molecule has 0 spiro atoms. The summed E-state index contributed by atoms with van der Waals surface area (Å²) in [5.41, 5.74) is 2.65.